The zero-order chi connectivity index (χ0) is 19.7. The summed E-state index contributed by atoms with van der Waals surface area (Å²) in [4.78, 5) is 9.16. The summed E-state index contributed by atoms with van der Waals surface area (Å²) in [5.74, 6) is 0. The maximum atomic E-state index is 5.85. The van der Waals surface area contributed by atoms with Gasteiger partial charge in [0.15, 0.2) is 0 Å². The van der Waals surface area contributed by atoms with E-state index < -0.39 is 0 Å². The molecule has 0 saturated carbocycles. The third kappa shape index (κ3) is 5.51. The van der Waals surface area contributed by atoms with E-state index in [0.29, 0.717) is 12.6 Å². The molecule has 0 amide bonds. The maximum absolute atomic E-state index is 5.85. The van der Waals surface area contributed by atoms with Crippen LogP contribution in [0.4, 0.5) is 0 Å². The van der Waals surface area contributed by atoms with Crippen molar-refractivity contribution in [1.82, 2.24) is 14.8 Å². The largest absolute Gasteiger partial charge is 0.375 e. The summed E-state index contributed by atoms with van der Waals surface area (Å²) in [6.07, 6.45) is 3.63. The Balaban J connectivity index is 1.30. The quantitative estimate of drug-likeness (QED) is 0.546. The van der Waals surface area contributed by atoms with E-state index in [1.807, 2.05) is 24.5 Å². The lowest BCUT2D eigenvalue weighted by Crippen LogP contribution is -2.48. The van der Waals surface area contributed by atoms with Gasteiger partial charge < -0.3 is 4.74 Å². The maximum Gasteiger partial charge on any atom is 0.0718 e. The molecule has 0 spiro atoms. The van der Waals surface area contributed by atoms with Crippen LogP contribution in [0.3, 0.4) is 0 Å². The molecule has 29 heavy (non-hydrogen) atoms. The molecule has 3 aromatic rings. The lowest BCUT2D eigenvalue weighted by atomic mass is 9.96. The Hall–Kier alpha value is -2.53. The molecule has 1 aliphatic heterocycles. The fraction of sp³-hybridized carbons (Fsp3) is 0.320. The van der Waals surface area contributed by atoms with Gasteiger partial charge in [-0.05, 0) is 28.8 Å². The third-order valence-electron chi connectivity index (χ3n) is 5.57. The van der Waals surface area contributed by atoms with Gasteiger partial charge in [0.2, 0.25) is 0 Å². The summed E-state index contributed by atoms with van der Waals surface area (Å²) in [5.41, 5.74) is 3.92. The fourth-order valence-corrected chi connectivity index (χ4v) is 3.99. The highest BCUT2D eigenvalue weighted by Gasteiger charge is 2.26. The minimum atomic E-state index is 0.322. The van der Waals surface area contributed by atoms with Crippen molar-refractivity contribution in [2.24, 2.45) is 0 Å². The highest BCUT2D eigenvalue weighted by Crippen LogP contribution is 2.29. The van der Waals surface area contributed by atoms with Crippen molar-refractivity contribution >= 4 is 0 Å². The molecule has 0 radical (unpaired) electrons. The Morgan fingerprint density at radius 3 is 1.93 bits per heavy atom. The van der Waals surface area contributed by atoms with Crippen LogP contribution in [0, 0.1) is 0 Å². The van der Waals surface area contributed by atoms with Crippen LogP contribution in [0.15, 0.2) is 85.2 Å². The summed E-state index contributed by atoms with van der Waals surface area (Å²) < 4.78 is 5.85. The molecule has 4 rings (SSSR count). The van der Waals surface area contributed by atoms with Crippen LogP contribution in [-0.4, -0.2) is 54.1 Å². The third-order valence-corrected chi connectivity index (χ3v) is 5.57. The fourth-order valence-electron chi connectivity index (χ4n) is 3.99. The van der Waals surface area contributed by atoms with E-state index in [2.05, 4.69) is 75.4 Å². The van der Waals surface area contributed by atoms with Crippen LogP contribution < -0.4 is 0 Å². The first-order valence-corrected chi connectivity index (χ1v) is 10.4. The van der Waals surface area contributed by atoms with Crippen LogP contribution in [0.25, 0.3) is 0 Å². The highest BCUT2D eigenvalue weighted by molar-refractivity contribution is 5.31. The van der Waals surface area contributed by atoms with Crippen LogP contribution in [0.2, 0.25) is 0 Å². The Bertz CT molecular complexity index is 794. The van der Waals surface area contributed by atoms with E-state index in [-0.39, 0.29) is 0 Å². The molecule has 4 heteroatoms. The highest BCUT2D eigenvalue weighted by atomic mass is 16.5. The average molecular weight is 388 g/mol. The van der Waals surface area contributed by atoms with E-state index in [9.17, 15) is 0 Å². The molecule has 0 aliphatic carbocycles. The predicted molar refractivity (Wildman–Crippen MR) is 117 cm³/mol. The standard InChI is InChI=1S/C25H29N3O/c1-3-7-23(8-4-1)25(24-9-5-2-6-10-24)28-17-15-27(16-18-28)19-20-29-21-22-11-13-26-14-12-22/h1-14,25H,15-21H2. The number of piperazine rings is 1. The summed E-state index contributed by atoms with van der Waals surface area (Å²) in [5, 5.41) is 0. The van der Waals surface area contributed by atoms with Gasteiger partial charge in [0.25, 0.3) is 0 Å². The molecule has 2 heterocycles. The lowest BCUT2D eigenvalue weighted by molar-refractivity contribution is 0.0608. The number of aromatic nitrogens is 1. The zero-order valence-corrected chi connectivity index (χ0v) is 16.9. The zero-order valence-electron chi connectivity index (χ0n) is 16.9. The van der Waals surface area contributed by atoms with Crippen LogP contribution in [-0.2, 0) is 11.3 Å². The monoisotopic (exact) mass is 387 g/mol. The number of pyridine rings is 1. The number of benzene rings is 2. The van der Waals surface area contributed by atoms with E-state index in [1.54, 1.807) is 0 Å². The predicted octanol–water partition coefficient (Wildman–Crippen LogP) is 4.01. The first kappa shape index (κ1) is 19.8. The number of hydrogen-bond acceptors (Lipinski definition) is 4. The second kappa shape index (κ2) is 10.3. The van der Waals surface area contributed by atoms with E-state index in [4.69, 9.17) is 4.74 Å². The summed E-state index contributed by atoms with van der Waals surface area (Å²) >= 11 is 0. The van der Waals surface area contributed by atoms with Crippen LogP contribution in [0.1, 0.15) is 22.7 Å². The number of rotatable bonds is 8. The van der Waals surface area contributed by atoms with Crippen molar-refractivity contribution < 1.29 is 4.74 Å². The van der Waals surface area contributed by atoms with Crippen molar-refractivity contribution in [3.8, 4) is 0 Å². The van der Waals surface area contributed by atoms with E-state index in [1.165, 1.54) is 16.7 Å². The molecule has 150 valence electrons. The average Bonchev–Trinajstić information content (AvgIpc) is 2.80. The molecule has 4 nitrogen and oxygen atoms in total. The second-order valence-corrected chi connectivity index (χ2v) is 7.51. The molecule has 1 aliphatic rings. The number of hydrogen-bond donors (Lipinski definition) is 0. The Kier molecular flexibility index (Phi) is 7.03. The molecule has 1 aromatic heterocycles. The van der Waals surface area contributed by atoms with Crippen molar-refractivity contribution in [1.29, 1.82) is 0 Å². The molecule has 0 N–H and O–H groups in total. The Labute approximate surface area is 173 Å². The first-order chi connectivity index (χ1) is 14.4. The number of nitrogens with zero attached hydrogens (tertiary/aromatic N) is 3. The van der Waals surface area contributed by atoms with Gasteiger partial charge in [-0.2, -0.15) is 0 Å². The summed E-state index contributed by atoms with van der Waals surface area (Å²) in [7, 11) is 0. The van der Waals surface area contributed by atoms with Gasteiger partial charge in [-0.1, -0.05) is 60.7 Å². The molecule has 0 atom stereocenters. The molecule has 1 fully saturated rings. The molecular formula is C25H29N3O. The number of ether oxygens (including phenoxy) is 1. The van der Waals surface area contributed by atoms with Gasteiger partial charge in [-0.3, -0.25) is 14.8 Å². The smallest absolute Gasteiger partial charge is 0.0718 e. The van der Waals surface area contributed by atoms with Gasteiger partial charge in [0.05, 0.1) is 19.3 Å². The molecule has 0 unspecified atom stereocenters. The first-order valence-electron chi connectivity index (χ1n) is 10.4. The van der Waals surface area contributed by atoms with Gasteiger partial charge in [0, 0.05) is 45.1 Å². The summed E-state index contributed by atoms with van der Waals surface area (Å²) in [6, 6.07) is 26.1. The van der Waals surface area contributed by atoms with Crippen molar-refractivity contribution in [2.75, 3.05) is 39.3 Å². The lowest BCUT2D eigenvalue weighted by Gasteiger charge is -2.39. The minimum absolute atomic E-state index is 0.322. The second-order valence-electron chi connectivity index (χ2n) is 7.51. The van der Waals surface area contributed by atoms with Gasteiger partial charge in [-0.25, -0.2) is 0 Å². The molecule has 2 aromatic carbocycles. The van der Waals surface area contributed by atoms with Crippen molar-refractivity contribution in [3.05, 3.63) is 102 Å². The SMILES string of the molecule is c1ccc(C(c2ccccc2)N2CCN(CCOCc3ccncc3)CC2)cc1. The van der Waals surface area contributed by atoms with E-state index in [0.717, 1.165) is 39.3 Å². The Morgan fingerprint density at radius 2 is 1.34 bits per heavy atom. The topological polar surface area (TPSA) is 28.6 Å². The van der Waals surface area contributed by atoms with Gasteiger partial charge >= 0.3 is 0 Å². The van der Waals surface area contributed by atoms with E-state index >= 15 is 0 Å². The molecule has 0 bridgehead atoms. The Morgan fingerprint density at radius 1 is 0.759 bits per heavy atom. The molecule has 1 saturated heterocycles. The normalized spacial score (nSPS) is 15.6. The van der Waals surface area contributed by atoms with Gasteiger partial charge in [0.1, 0.15) is 0 Å². The van der Waals surface area contributed by atoms with Crippen LogP contribution >= 0.6 is 0 Å². The minimum Gasteiger partial charge on any atom is -0.375 e. The summed E-state index contributed by atoms with van der Waals surface area (Å²) in [6.45, 7) is 6.71. The van der Waals surface area contributed by atoms with Crippen LogP contribution in [0.5, 0.6) is 0 Å². The molecular weight excluding hydrogens is 358 g/mol. The van der Waals surface area contributed by atoms with Crippen molar-refractivity contribution in [2.45, 2.75) is 12.6 Å². The van der Waals surface area contributed by atoms with Gasteiger partial charge in [-0.15, -0.1) is 0 Å². The van der Waals surface area contributed by atoms with Crippen molar-refractivity contribution in [3.63, 3.8) is 0 Å².